The molecule has 7 nitrogen and oxygen atoms in total. The number of rotatable bonds is 3. The van der Waals surface area contributed by atoms with E-state index in [0.717, 1.165) is 38.2 Å². The van der Waals surface area contributed by atoms with Crippen molar-refractivity contribution in [2.75, 3.05) is 27.2 Å². The summed E-state index contributed by atoms with van der Waals surface area (Å²) < 4.78 is 37.8. The second-order valence-electron chi connectivity index (χ2n) is 7.08. The number of halogens is 3. The maximum atomic E-state index is 12.1. The zero-order valence-electron chi connectivity index (χ0n) is 15.9. The van der Waals surface area contributed by atoms with Crippen molar-refractivity contribution >= 4 is 23.2 Å². The van der Waals surface area contributed by atoms with E-state index in [1.54, 1.807) is 30.3 Å². The van der Waals surface area contributed by atoms with Gasteiger partial charge in [-0.05, 0) is 32.2 Å². The lowest BCUT2D eigenvalue weighted by Gasteiger charge is -2.33. The SMILES string of the molecule is Cc1ncsc1CN1CC[C@H]2C[C@H](C(=O)N(C)C)O[C@H]2C1.O=C(O)C(F)(F)F. The van der Waals surface area contributed by atoms with E-state index in [-0.39, 0.29) is 18.1 Å². The maximum Gasteiger partial charge on any atom is 0.490 e. The summed E-state index contributed by atoms with van der Waals surface area (Å²) in [5.41, 5.74) is 3.05. The zero-order chi connectivity index (χ0) is 21.1. The summed E-state index contributed by atoms with van der Waals surface area (Å²) in [5.74, 6) is -2.11. The molecule has 0 saturated carbocycles. The summed E-state index contributed by atoms with van der Waals surface area (Å²) in [5, 5.41) is 7.12. The molecule has 1 N–H and O–H groups in total. The van der Waals surface area contributed by atoms with Crippen LogP contribution in [0.15, 0.2) is 5.51 Å². The number of fused-ring (bicyclic) bond motifs is 1. The largest absolute Gasteiger partial charge is 0.490 e. The van der Waals surface area contributed by atoms with Crippen LogP contribution in [0.5, 0.6) is 0 Å². The number of aromatic nitrogens is 1. The number of hydrogen-bond acceptors (Lipinski definition) is 6. The number of hydrogen-bond donors (Lipinski definition) is 1. The number of carbonyl (C=O) groups excluding carboxylic acids is 1. The molecule has 3 atom stereocenters. The summed E-state index contributed by atoms with van der Waals surface area (Å²) >= 11 is 1.72. The average Bonchev–Trinajstić information content (AvgIpc) is 3.20. The smallest absolute Gasteiger partial charge is 0.475 e. The number of alkyl halides is 3. The molecular formula is C17H24F3N3O4S. The van der Waals surface area contributed by atoms with E-state index in [2.05, 4.69) is 16.8 Å². The molecule has 1 aromatic heterocycles. The van der Waals surface area contributed by atoms with Crippen molar-refractivity contribution in [3.8, 4) is 0 Å². The summed E-state index contributed by atoms with van der Waals surface area (Å²) in [6, 6.07) is 0. The Morgan fingerprint density at radius 3 is 2.57 bits per heavy atom. The fraction of sp³-hybridized carbons (Fsp3) is 0.706. The predicted molar refractivity (Wildman–Crippen MR) is 95.9 cm³/mol. The number of carboxylic acids is 1. The topological polar surface area (TPSA) is 83.0 Å². The number of aliphatic carboxylic acids is 1. The van der Waals surface area contributed by atoms with Gasteiger partial charge in [-0.2, -0.15) is 13.2 Å². The first kappa shape index (κ1) is 22.6. The minimum atomic E-state index is -5.08. The van der Waals surface area contributed by atoms with Crippen molar-refractivity contribution in [2.45, 2.75) is 44.7 Å². The van der Waals surface area contributed by atoms with E-state index in [9.17, 15) is 18.0 Å². The Hall–Kier alpha value is -1.72. The van der Waals surface area contributed by atoms with Gasteiger partial charge >= 0.3 is 12.1 Å². The number of carbonyl (C=O) groups is 2. The first-order chi connectivity index (χ1) is 13.0. The third-order valence-corrected chi connectivity index (χ3v) is 5.73. The van der Waals surface area contributed by atoms with Crippen LogP contribution in [0.3, 0.4) is 0 Å². The highest BCUT2D eigenvalue weighted by Gasteiger charge is 2.42. The van der Waals surface area contributed by atoms with Crippen LogP contribution in [0.2, 0.25) is 0 Å². The fourth-order valence-corrected chi connectivity index (χ4v) is 4.08. The van der Waals surface area contributed by atoms with Crippen molar-refractivity contribution in [1.82, 2.24) is 14.8 Å². The number of carboxylic acid groups (broad SMARTS) is 1. The lowest BCUT2D eigenvalue weighted by atomic mass is 9.91. The minimum Gasteiger partial charge on any atom is -0.475 e. The molecule has 2 saturated heterocycles. The lowest BCUT2D eigenvalue weighted by Crippen LogP contribution is -2.42. The third-order valence-electron chi connectivity index (χ3n) is 4.81. The number of likely N-dealkylation sites (tertiary alicyclic amines) is 1. The number of nitrogens with zero attached hydrogens (tertiary/aromatic N) is 3. The molecule has 2 aliphatic heterocycles. The van der Waals surface area contributed by atoms with E-state index in [0.29, 0.717) is 5.92 Å². The first-order valence-corrected chi connectivity index (χ1v) is 9.65. The van der Waals surface area contributed by atoms with Crippen molar-refractivity contribution in [3.05, 3.63) is 16.1 Å². The number of amides is 1. The van der Waals surface area contributed by atoms with Gasteiger partial charge < -0.3 is 14.7 Å². The summed E-state index contributed by atoms with van der Waals surface area (Å²) in [6.45, 7) is 5.04. The molecule has 3 heterocycles. The molecule has 3 rings (SSSR count). The van der Waals surface area contributed by atoms with Gasteiger partial charge in [-0.25, -0.2) is 9.78 Å². The fourth-order valence-electron chi connectivity index (χ4n) is 3.27. The molecule has 0 aliphatic carbocycles. The van der Waals surface area contributed by atoms with Gasteiger partial charge in [0.05, 0.1) is 17.3 Å². The molecule has 0 radical (unpaired) electrons. The Bertz CT molecular complexity index is 695. The summed E-state index contributed by atoms with van der Waals surface area (Å²) in [7, 11) is 3.60. The molecule has 0 aromatic carbocycles. The molecule has 11 heteroatoms. The number of thiazole rings is 1. The van der Waals surface area contributed by atoms with Crippen LogP contribution in [0.4, 0.5) is 13.2 Å². The number of piperidine rings is 1. The van der Waals surface area contributed by atoms with E-state index >= 15 is 0 Å². The van der Waals surface area contributed by atoms with Crippen LogP contribution in [-0.2, 0) is 20.9 Å². The molecule has 1 amide bonds. The van der Waals surface area contributed by atoms with Gasteiger partial charge in [-0.15, -0.1) is 11.3 Å². The van der Waals surface area contributed by atoms with Gasteiger partial charge in [0.2, 0.25) is 0 Å². The third kappa shape index (κ3) is 5.89. The van der Waals surface area contributed by atoms with Crippen molar-refractivity contribution in [1.29, 1.82) is 0 Å². The number of likely N-dealkylation sites (N-methyl/N-ethyl adjacent to an activating group) is 1. The molecule has 158 valence electrons. The normalized spacial score (nSPS) is 24.9. The zero-order valence-corrected chi connectivity index (χ0v) is 16.7. The number of ether oxygens (including phenoxy) is 1. The van der Waals surface area contributed by atoms with Crippen LogP contribution in [0.1, 0.15) is 23.4 Å². The lowest BCUT2D eigenvalue weighted by molar-refractivity contribution is -0.192. The van der Waals surface area contributed by atoms with Crippen LogP contribution < -0.4 is 0 Å². The van der Waals surface area contributed by atoms with Crippen molar-refractivity contribution in [3.63, 3.8) is 0 Å². The Morgan fingerprint density at radius 2 is 2.07 bits per heavy atom. The molecule has 0 unspecified atom stereocenters. The van der Waals surface area contributed by atoms with E-state index in [1.807, 2.05) is 5.51 Å². The quantitative estimate of drug-likeness (QED) is 0.802. The molecule has 2 fully saturated rings. The second kappa shape index (κ2) is 9.19. The Balaban J connectivity index is 0.000000345. The van der Waals surface area contributed by atoms with Crippen LogP contribution in [0, 0.1) is 12.8 Å². The molecule has 0 spiro atoms. The summed E-state index contributed by atoms with van der Waals surface area (Å²) in [4.78, 5) is 30.7. The number of aryl methyl sites for hydroxylation is 1. The van der Waals surface area contributed by atoms with Crippen molar-refractivity contribution < 1.29 is 32.6 Å². The first-order valence-electron chi connectivity index (χ1n) is 8.77. The molecule has 0 bridgehead atoms. The van der Waals surface area contributed by atoms with E-state index < -0.39 is 12.1 Å². The molecule has 1 aromatic rings. The van der Waals surface area contributed by atoms with Gasteiger partial charge in [-0.3, -0.25) is 9.69 Å². The highest BCUT2D eigenvalue weighted by molar-refractivity contribution is 7.09. The second-order valence-corrected chi connectivity index (χ2v) is 8.02. The monoisotopic (exact) mass is 423 g/mol. The van der Waals surface area contributed by atoms with Crippen molar-refractivity contribution in [2.24, 2.45) is 5.92 Å². The van der Waals surface area contributed by atoms with E-state index in [4.69, 9.17) is 14.6 Å². The van der Waals surface area contributed by atoms with Gasteiger partial charge in [0.1, 0.15) is 6.10 Å². The molecule has 28 heavy (non-hydrogen) atoms. The maximum absolute atomic E-state index is 12.1. The van der Waals surface area contributed by atoms with Gasteiger partial charge in [0.15, 0.2) is 0 Å². The highest BCUT2D eigenvalue weighted by atomic mass is 32.1. The van der Waals surface area contributed by atoms with Gasteiger partial charge in [-0.1, -0.05) is 0 Å². The Kier molecular flexibility index (Phi) is 7.40. The standard InChI is InChI=1S/C15H23N3O2S.C2HF3O2/c1-10-14(21-9-16-10)8-18-5-4-11-6-12(15(19)17(2)3)20-13(11)7-18;3-2(4,5)1(6)7/h9,11-13H,4-8H2,1-3H3;(H,6,7)/t11-,12+,13-;/m0./s1. The highest BCUT2D eigenvalue weighted by Crippen LogP contribution is 2.34. The average molecular weight is 423 g/mol. The predicted octanol–water partition coefficient (Wildman–Crippen LogP) is 2.15. The van der Waals surface area contributed by atoms with E-state index in [1.165, 1.54) is 4.88 Å². The Morgan fingerprint density at radius 1 is 1.43 bits per heavy atom. The van der Waals surface area contributed by atoms with Crippen LogP contribution in [0.25, 0.3) is 0 Å². The van der Waals surface area contributed by atoms with Crippen LogP contribution >= 0.6 is 11.3 Å². The molecule has 2 aliphatic rings. The molecular weight excluding hydrogens is 399 g/mol. The minimum absolute atomic E-state index is 0.106. The van der Waals surface area contributed by atoms with Crippen LogP contribution in [-0.4, -0.2) is 77.3 Å². The Labute approximate surface area is 165 Å². The van der Waals surface area contributed by atoms with Gasteiger partial charge in [0, 0.05) is 32.1 Å². The van der Waals surface area contributed by atoms with Gasteiger partial charge in [0.25, 0.3) is 5.91 Å². The summed E-state index contributed by atoms with van der Waals surface area (Å²) in [6.07, 6.45) is -3.10.